The van der Waals surface area contributed by atoms with E-state index >= 15 is 0 Å². The summed E-state index contributed by atoms with van der Waals surface area (Å²) < 4.78 is 5.63. The SMILES string of the molecule is COC1C2CCC1N(Cc1ccc(C)s1)C2. The van der Waals surface area contributed by atoms with E-state index in [9.17, 15) is 0 Å². The summed E-state index contributed by atoms with van der Waals surface area (Å²) in [6.07, 6.45) is 3.19. The van der Waals surface area contributed by atoms with E-state index in [-0.39, 0.29) is 0 Å². The summed E-state index contributed by atoms with van der Waals surface area (Å²) >= 11 is 1.93. The summed E-state index contributed by atoms with van der Waals surface area (Å²) in [5, 5.41) is 0. The van der Waals surface area contributed by atoms with Gasteiger partial charge in [0.15, 0.2) is 0 Å². The van der Waals surface area contributed by atoms with Crippen LogP contribution in [0.1, 0.15) is 22.6 Å². The van der Waals surface area contributed by atoms with Gasteiger partial charge in [0, 0.05) is 36.0 Å². The Labute approximate surface area is 101 Å². The van der Waals surface area contributed by atoms with Gasteiger partial charge in [0.05, 0.1) is 6.10 Å². The predicted molar refractivity (Wildman–Crippen MR) is 66.8 cm³/mol. The van der Waals surface area contributed by atoms with Crippen LogP contribution in [-0.4, -0.2) is 30.7 Å². The highest BCUT2D eigenvalue weighted by Gasteiger charge is 2.46. The number of piperidine rings is 1. The van der Waals surface area contributed by atoms with Gasteiger partial charge in [-0.1, -0.05) is 0 Å². The summed E-state index contributed by atoms with van der Waals surface area (Å²) in [6.45, 7) is 4.54. The number of methoxy groups -OCH3 is 1. The van der Waals surface area contributed by atoms with Gasteiger partial charge in [-0.25, -0.2) is 0 Å². The number of thiophene rings is 1. The van der Waals surface area contributed by atoms with E-state index in [4.69, 9.17) is 4.74 Å². The average Bonchev–Trinajstić information content (AvgIpc) is 2.92. The fraction of sp³-hybridized carbons (Fsp3) is 0.692. The quantitative estimate of drug-likeness (QED) is 0.801. The molecule has 0 amide bonds. The van der Waals surface area contributed by atoms with Crippen LogP contribution in [0, 0.1) is 12.8 Å². The summed E-state index contributed by atoms with van der Waals surface area (Å²) in [6, 6.07) is 5.17. The molecular weight excluding hydrogens is 218 g/mol. The Morgan fingerprint density at radius 2 is 2.31 bits per heavy atom. The van der Waals surface area contributed by atoms with E-state index in [0.29, 0.717) is 12.1 Å². The minimum Gasteiger partial charge on any atom is -0.379 e. The summed E-state index contributed by atoms with van der Waals surface area (Å²) in [4.78, 5) is 5.54. The molecule has 2 aliphatic rings. The first-order valence-electron chi connectivity index (χ1n) is 6.10. The molecule has 88 valence electrons. The topological polar surface area (TPSA) is 12.5 Å². The molecule has 3 unspecified atom stereocenters. The van der Waals surface area contributed by atoms with Crippen molar-refractivity contribution in [1.82, 2.24) is 4.90 Å². The Morgan fingerprint density at radius 3 is 2.94 bits per heavy atom. The molecule has 0 aromatic carbocycles. The number of rotatable bonds is 3. The van der Waals surface area contributed by atoms with E-state index in [1.165, 1.54) is 29.1 Å². The fourth-order valence-corrected chi connectivity index (χ4v) is 4.27. The van der Waals surface area contributed by atoms with Gasteiger partial charge >= 0.3 is 0 Å². The van der Waals surface area contributed by atoms with Gasteiger partial charge in [-0.2, -0.15) is 0 Å². The highest BCUT2D eigenvalue weighted by Crippen LogP contribution is 2.40. The van der Waals surface area contributed by atoms with Crippen molar-refractivity contribution in [3.63, 3.8) is 0 Å². The van der Waals surface area contributed by atoms with Gasteiger partial charge in [0.1, 0.15) is 0 Å². The number of fused-ring (bicyclic) bond motifs is 2. The number of aryl methyl sites for hydroxylation is 1. The van der Waals surface area contributed by atoms with Crippen molar-refractivity contribution in [1.29, 1.82) is 0 Å². The average molecular weight is 237 g/mol. The van der Waals surface area contributed by atoms with Crippen molar-refractivity contribution < 1.29 is 4.74 Å². The lowest BCUT2D eigenvalue weighted by atomic mass is 10.1. The zero-order valence-corrected chi connectivity index (χ0v) is 10.8. The second-order valence-electron chi connectivity index (χ2n) is 5.05. The Morgan fingerprint density at radius 1 is 1.44 bits per heavy atom. The minimum atomic E-state index is 0.501. The van der Waals surface area contributed by atoms with Crippen molar-refractivity contribution in [2.75, 3.05) is 13.7 Å². The first-order valence-corrected chi connectivity index (χ1v) is 6.91. The summed E-state index contributed by atoms with van der Waals surface area (Å²) in [5.74, 6) is 0.788. The zero-order chi connectivity index (χ0) is 11.1. The van der Waals surface area contributed by atoms with Crippen molar-refractivity contribution in [2.45, 2.75) is 38.5 Å². The second-order valence-corrected chi connectivity index (χ2v) is 6.42. The fourth-order valence-electron chi connectivity index (χ4n) is 3.35. The Balaban J connectivity index is 1.69. The smallest absolute Gasteiger partial charge is 0.0766 e. The van der Waals surface area contributed by atoms with Crippen LogP contribution in [-0.2, 0) is 11.3 Å². The highest BCUT2D eigenvalue weighted by molar-refractivity contribution is 7.11. The van der Waals surface area contributed by atoms with Gasteiger partial charge in [-0.05, 0) is 37.8 Å². The van der Waals surface area contributed by atoms with Crippen LogP contribution >= 0.6 is 11.3 Å². The molecule has 1 saturated carbocycles. The molecule has 3 rings (SSSR count). The van der Waals surface area contributed by atoms with Gasteiger partial charge in [0.2, 0.25) is 0 Å². The third-order valence-corrected chi connectivity index (χ3v) is 5.03. The molecule has 0 N–H and O–H groups in total. The molecule has 1 aliphatic carbocycles. The van der Waals surface area contributed by atoms with Crippen LogP contribution in [0.25, 0.3) is 0 Å². The molecule has 2 nitrogen and oxygen atoms in total. The monoisotopic (exact) mass is 237 g/mol. The Kier molecular flexibility index (Phi) is 2.78. The number of hydrogen-bond acceptors (Lipinski definition) is 3. The molecule has 0 spiro atoms. The first kappa shape index (κ1) is 10.8. The first-order chi connectivity index (χ1) is 7.78. The molecule has 2 fully saturated rings. The Hall–Kier alpha value is -0.380. The Bertz CT molecular complexity index is 376. The largest absolute Gasteiger partial charge is 0.379 e. The molecule has 3 heteroatoms. The summed E-state index contributed by atoms with van der Waals surface area (Å²) in [7, 11) is 1.87. The van der Waals surface area contributed by atoms with Crippen molar-refractivity contribution in [3.05, 3.63) is 21.9 Å². The van der Waals surface area contributed by atoms with Crippen LogP contribution in [0.2, 0.25) is 0 Å². The number of hydrogen-bond donors (Lipinski definition) is 0. The molecule has 1 aromatic rings. The van der Waals surface area contributed by atoms with Crippen LogP contribution < -0.4 is 0 Å². The van der Waals surface area contributed by atoms with Crippen molar-refractivity contribution in [3.8, 4) is 0 Å². The highest BCUT2D eigenvalue weighted by atomic mass is 32.1. The van der Waals surface area contributed by atoms with Gasteiger partial charge in [-0.3, -0.25) is 4.90 Å². The molecule has 1 saturated heterocycles. The number of ether oxygens (including phenoxy) is 1. The third kappa shape index (κ3) is 1.71. The van der Waals surface area contributed by atoms with Gasteiger partial charge in [-0.15, -0.1) is 11.3 Å². The second kappa shape index (κ2) is 4.13. The van der Waals surface area contributed by atoms with Crippen LogP contribution in [0.5, 0.6) is 0 Å². The maximum Gasteiger partial charge on any atom is 0.0766 e. The third-order valence-electron chi connectivity index (χ3n) is 4.04. The lowest BCUT2D eigenvalue weighted by Crippen LogP contribution is -2.34. The molecule has 1 aromatic heterocycles. The van der Waals surface area contributed by atoms with E-state index in [2.05, 4.69) is 24.0 Å². The maximum atomic E-state index is 5.63. The van der Waals surface area contributed by atoms with E-state index in [0.717, 1.165) is 12.5 Å². The molecule has 3 atom stereocenters. The van der Waals surface area contributed by atoms with E-state index < -0.39 is 0 Å². The van der Waals surface area contributed by atoms with Crippen molar-refractivity contribution >= 4 is 11.3 Å². The standard InChI is InChI=1S/C13H19NOS/c1-9-3-5-11(16-9)8-14-7-10-4-6-12(14)13(10)15-2/h3,5,10,12-13H,4,6-8H2,1-2H3. The zero-order valence-electron chi connectivity index (χ0n) is 9.98. The normalized spacial score (nSPS) is 33.8. The molecule has 2 bridgehead atoms. The predicted octanol–water partition coefficient (Wildman–Crippen LogP) is 2.67. The molecule has 1 aliphatic heterocycles. The molecule has 0 radical (unpaired) electrons. The number of likely N-dealkylation sites (tertiary alicyclic amines) is 1. The van der Waals surface area contributed by atoms with E-state index in [1.807, 2.05) is 18.4 Å². The van der Waals surface area contributed by atoms with Crippen LogP contribution in [0.4, 0.5) is 0 Å². The van der Waals surface area contributed by atoms with Crippen LogP contribution in [0.3, 0.4) is 0 Å². The van der Waals surface area contributed by atoms with Gasteiger partial charge < -0.3 is 4.74 Å². The summed E-state index contributed by atoms with van der Waals surface area (Å²) in [5.41, 5.74) is 0. The lowest BCUT2D eigenvalue weighted by molar-refractivity contribution is 0.0682. The van der Waals surface area contributed by atoms with E-state index in [1.54, 1.807) is 0 Å². The molecular formula is C13H19NOS. The minimum absolute atomic E-state index is 0.501. The van der Waals surface area contributed by atoms with Crippen LogP contribution in [0.15, 0.2) is 12.1 Å². The van der Waals surface area contributed by atoms with Gasteiger partial charge in [0.25, 0.3) is 0 Å². The molecule has 2 heterocycles. The molecule has 16 heavy (non-hydrogen) atoms. The lowest BCUT2D eigenvalue weighted by Gasteiger charge is -2.26. The van der Waals surface area contributed by atoms with Crippen molar-refractivity contribution in [2.24, 2.45) is 5.92 Å². The maximum absolute atomic E-state index is 5.63. The number of nitrogens with zero attached hydrogens (tertiary/aromatic N) is 1.